The molecule has 2 heteroatoms. The highest BCUT2D eigenvalue weighted by Gasteiger charge is 2.29. The van der Waals surface area contributed by atoms with Crippen molar-refractivity contribution in [2.75, 3.05) is 0 Å². The zero-order valence-corrected chi connectivity index (χ0v) is 11.8. The number of unbranched alkanes of at least 4 members (excludes halogenated alkanes) is 1. The molecule has 0 amide bonds. The van der Waals surface area contributed by atoms with E-state index in [1.165, 1.54) is 18.4 Å². The molecule has 2 atom stereocenters. The molecule has 1 aliphatic rings. The standard InChI is InChI=1S/C17H24O2/c1-2-3-13-17(18)19-16-12-8-7-11-15(16)14-9-5-4-6-10-14/h4-6,9-10,15-16H,2-3,7-8,11-13H2,1H3/t15-,16+/m0/s1. The number of carbonyl (C=O) groups excluding carboxylic acids is 1. The Morgan fingerprint density at radius 1 is 1.21 bits per heavy atom. The predicted molar refractivity (Wildman–Crippen MR) is 77.1 cm³/mol. The zero-order valence-electron chi connectivity index (χ0n) is 11.8. The summed E-state index contributed by atoms with van der Waals surface area (Å²) in [6.07, 6.45) is 7.18. The molecule has 19 heavy (non-hydrogen) atoms. The Bertz CT molecular complexity index is 386. The fraction of sp³-hybridized carbons (Fsp3) is 0.588. The van der Waals surface area contributed by atoms with Crippen LogP contribution in [0, 0.1) is 0 Å². The molecule has 0 bridgehead atoms. The van der Waals surface area contributed by atoms with Crippen LogP contribution < -0.4 is 0 Å². The molecule has 1 fully saturated rings. The Labute approximate surface area is 116 Å². The molecule has 0 heterocycles. The number of rotatable bonds is 5. The summed E-state index contributed by atoms with van der Waals surface area (Å²) in [5.41, 5.74) is 1.32. The Morgan fingerprint density at radius 2 is 1.95 bits per heavy atom. The number of ether oxygens (including phenoxy) is 1. The van der Waals surface area contributed by atoms with Crippen molar-refractivity contribution < 1.29 is 9.53 Å². The van der Waals surface area contributed by atoms with Gasteiger partial charge in [-0.1, -0.05) is 50.1 Å². The van der Waals surface area contributed by atoms with Crippen LogP contribution in [0.25, 0.3) is 0 Å². The molecule has 2 rings (SSSR count). The van der Waals surface area contributed by atoms with Crippen LogP contribution in [0.1, 0.15) is 63.4 Å². The highest BCUT2D eigenvalue weighted by molar-refractivity contribution is 5.69. The second-order valence-electron chi connectivity index (χ2n) is 5.43. The lowest BCUT2D eigenvalue weighted by molar-refractivity contribution is -0.151. The van der Waals surface area contributed by atoms with Crippen LogP contribution in [0.2, 0.25) is 0 Å². The van der Waals surface area contributed by atoms with E-state index in [9.17, 15) is 4.79 Å². The van der Waals surface area contributed by atoms with E-state index in [1.54, 1.807) is 0 Å². The van der Waals surface area contributed by atoms with Crippen molar-refractivity contribution in [1.82, 2.24) is 0 Å². The van der Waals surface area contributed by atoms with Crippen LogP contribution in [0.15, 0.2) is 30.3 Å². The van der Waals surface area contributed by atoms with Crippen molar-refractivity contribution in [3.63, 3.8) is 0 Å². The van der Waals surface area contributed by atoms with Crippen molar-refractivity contribution in [3.05, 3.63) is 35.9 Å². The van der Waals surface area contributed by atoms with Gasteiger partial charge in [-0.05, 0) is 31.2 Å². The average Bonchev–Trinajstić information content (AvgIpc) is 2.46. The van der Waals surface area contributed by atoms with E-state index in [-0.39, 0.29) is 12.1 Å². The summed E-state index contributed by atoms with van der Waals surface area (Å²) >= 11 is 0. The lowest BCUT2D eigenvalue weighted by Crippen LogP contribution is -2.28. The van der Waals surface area contributed by atoms with Gasteiger partial charge in [-0.2, -0.15) is 0 Å². The maximum absolute atomic E-state index is 11.8. The van der Waals surface area contributed by atoms with Crippen molar-refractivity contribution in [2.45, 2.75) is 63.9 Å². The predicted octanol–water partition coefficient (Wildman–Crippen LogP) is 4.45. The monoisotopic (exact) mass is 260 g/mol. The van der Waals surface area contributed by atoms with Gasteiger partial charge < -0.3 is 4.74 Å². The summed E-state index contributed by atoms with van der Waals surface area (Å²) in [7, 11) is 0. The first kappa shape index (κ1) is 14.1. The quantitative estimate of drug-likeness (QED) is 0.731. The topological polar surface area (TPSA) is 26.3 Å². The van der Waals surface area contributed by atoms with Crippen molar-refractivity contribution in [3.8, 4) is 0 Å². The molecule has 104 valence electrons. The molecule has 0 aliphatic heterocycles. The van der Waals surface area contributed by atoms with Crippen LogP contribution in [-0.4, -0.2) is 12.1 Å². The minimum atomic E-state index is -0.0188. The third-order valence-electron chi connectivity index (χ3n) is 3.95. The van der Waals surface area contributed by atoms with Gasteiger partial charge in [-0.15, -0.1) is 0 Å². The minimum absolute atomic E-state index is 0.0188. The minimum Gasteiger partial charge on any atom is -0.462 e. The number of carbonyl (C=O) groups is 1. The van der Waals surface area contributed by atoms with Gasteiger partial charge in [0.1, 0.15) is 6.10 Å². The van der Waals surface area contributed by atoms with Gasteiger partial charge in [-0.3, -0.25) is 4.79 Å². The first-order valence-corrected chi connectivity index (χ1v) is 7.55. The third-order valence-corrected chi connectivity index (χ3v) is 3.95. The van der Waals surface area contributed by atoms with Gasteiger partial charge in [0.25, 0.3) is 0 Å². The fourth-order valence-corrected chi connectivity index (χ4v) is 2.87. The molecule has 1 aromatic carbocycles. The summed E-state index contributed by atoms with van der Waals surface area (Å²) in [5.74, 6) is 0.371. The molecular weight excluding hydrogens is 236 g/mol. The lowest BCUT2D eigenvalue weighted by atomic mass is 9.81. The van der Waals surface area contributed by atoms with Crippen LogP contribution in [0.5, 0.6) is 0 Å². The smallest absolute Gasteiger partial charge is 0.306 e. The molecule has 2 nitrogen and oxygen atoms in total. The van der Waals surface area contributed by atoms with E-state index in [2.05, 4.69) is 31.2 Å². The van der Waals surface area contributed by atoms with Crippen LogP contribution >= 0.6 is 0 Å². The molecule has 1 aliphatic carbocycles. The fourth-order valence-electron chi connectivity index (χ4n) is 2.87. The Morgan fingerprint density at radius 3 is 2.68 bits per heavy atom. The number of esters is 1. The van der Waals surface area contributed by atoms with E-state index in [1.807, 2.05) is 6.07 Å². The van der Waals surface area contributed by atoms with E-state index < -0.39 is 0 Å². The van der Waals surface area contributed by atoms with Gasteiger partial charge in [0.2, 0.25) is 0 Å². The van der Waals surface area contributed by atoms with Crippen molar-refractivity contribution in [2.24, 2.45) is 0 Å². The van der Waals surface area contributed by atoms with E-state index >= 15 is 0 Å². The zero-order chi connectivity index (χ0) is 13.5. The van der Waals surface area contributed by atoms with E-state index in [0.29, 0.717) is 12.3 Å². The Balaban J connectivity index is 1.98. The normalized spacial score (nSPS) is 23.0. The highest BCUT2D eigenvalue weighted by Crippen LogP contribution is 2.35. The summed E-state index contributed by atoms with van der Waals surface area (Å²) in [4.78, 5) is 11.8. The largest absolute Gasteiger partial charge is 0.462 e. The SMILES string of the molecule is CCCCC(=O)O[C@@H]1CCCC[C@H]1c1ccccc1. The van der Waals surface area contributed by atoms with Gasteiger partial charge in [-0.25, -0.2) is 0 Å². The van der Waals surface area contributed by atoms with Crippen molar-refractivity contribution >= 4 is 5.97 Å². The summed E-state index contributed by atoms with van der Waals surface area (Å²) < 4.78 is 5.72. The first-order chi connectivity index (χ1) is 9.31. The molecule has 1 saturated carbocycles. The van der Waals surface area contributed by atoms with E-state index in [4.69, 9.17) is 4.74 Å². The van der Waals surface area contributed by atoms with Gasteiger partial charge in [0.15, 0.2) is 0 Å². The molecule has 0 spiro atoms. The number of hydrogen-bond donors (Lipinski definition) is 0. The molecule has 1 aromatic rings. The van der Waals surface area contributed by atoms with Gasteiger partial charge >= 0.3 is 5.97 Å². The second kappa shape index (κ2) is 7.32. The van der Waals surface area contributed by atoms with E-state index in [0.717, 1.165) is 25.7 Å². The third kappa shape index (κ3) is 4.09. The summed E-state index contributed by atoms with van der Waals surface area (Å²) in [6.45, 7) is 2.10. The van der Waals surface area contributed by atoms with Crippen LogP contribution in [-0.2, 0) is 9.53 Å². The van der Waals surface area contributed by atoms with Crippen LogP contribution in [0.4, 0.5) is 0 Å². The molecular formula is C17H24O2. The van der Waals surface area contributed by atoms with Crippen molar-refractivity contribution in [1.29, 1.82) is 0 Å². The first-order valence-electron chi connectivity index (χ1n) is 7.55. The second-order valence-corrected chi connectivity index (χ2v) is 5.43. The maximum atomic E-state index is 11.8. The lowest BCUT2D eigenvalue weighted by Gasteiger charge is -2.31. The molecule has 0 unspecified atom stereocenters. The summed E-state index contributed by atoms with van der Waals surface area (Å²) in [5, 5.41) is 0. The van der Waals surface area contributed by atoms with Gasteiger partial charge in [0, 0.05) is 12.3 Å². The Hall–Kier alpha value is -1.31. The molecule has 0 radical (unpaired) electrons. The summed E-state index contributed by atoms with van der Waals surface area (Å²) in [6, 6.07) is 10.5. The van der Waals surface area contributed by atoms with Crippen LogP contribution in [0.3, 0.4) is 0 Å². The van der Waals surface area contributed by atoms with Gasteiger partial charge in [0.05, 0.1) is 0 Å². The molecule has 0 saturated heterocycles. The highest BCUT2D eigenvalue weighted by atomic mass is 16.5. The average molecular weight is 260 g/mol. The maximum Gasteiger partial charge on any atom is 0.306 e. The number of hydrogen-bond acceptors (Lipinski definition) is 2. The Kier molecular flexibility index (Phi) is 5.44. The molecule has 0 aromatic heterocycles. The molecule has 0 N–H and O–H groups in total. The number of benzene rings is 1.